The predicted molar refractivity (Wildman–Crippen MR) is 124 cm³/mol. The number of carbonyl (C=O) groups excluding carboxylic acids is 2. The first kappa shape index (κ1) is 23.1. The lowest BCUT2D eigenvalue weighted by atomic mass is 9.98. The van der Waals surface area contributed by atoms with Crippen molar-refractivity contribution < 1.29 is 23.8 Å². The number of rotatable bonds is 9. The van der Waals surface area contributed by atoms with Crippen molar-refractivity contribution in [2.24, 2.45) is 5.73 Å². The number of benzene rings is 3. The Balaban J connectivity index is 1.95. The average Bonchev–Trinajstić information content (AvgIpc) is 2.81. The summed E-state index contributed by atoms with van der Waals surface area (Å²) in [5.74, 6) is -0.292. The number of amides is 2. The molecule has 1 atom stereocenters. The standard InChI is InChI=1S/C24H23BrN2O5/c1-30-19-12-17(13-20(31-2)23(19)32-14-21(26)28)24(29)27-22(15-6-4-3-5-7-15)16-8-10-18(25)11-9-16/h3-13,22H,14H2,1-2H3,(H2,26,28)(H,27,29)/t22-/m1/s1. The number of carbonyl (C=O) groups is 2. The molecular formula is C24H23BrN2O5. The van der Waals surface area contributed by atoms with Crippen LogP contribution in [0.4, 0.5) is 0 Å². The van der Waals surface area contributed by atoms with E-state index in [2.05, 4.69) is 21.2 Å². The van der Waals surface area contributed by atoms with E-state index >= 15 is 0 Å². The first-order valence-electron chi connectivity index (χ1n) is 9.71. The van der Waals surface area contributed by atoms with Crippen LogP contribution in [0.1, 0.15) is 27.5 Å². The highest BCUT2D eigenvalue weighted by Crippen LogP contribution is 2.38. The van der Waals surface area contributed by atoms with Crippen molar-refractivity contribution in [3.63, 3.8) is 0 Å². The molecule has 0 bridgehead atoms. The van der Waals surface area contributed by atoms with Gasteiger partial charge in [0.1, 0.15) is 0 Å². The molecule has 0 heterocycles. The second-order valence-corrected chi connectivity index (χ2v) is 7.75. The summed E-state index contributed by atoms with van der Waals surface area (Å²) in [5.41, 5.74) is 7.33. The summed E-state index contributed by atoms with van der Waals surface area (Å²) in [4.78, 5) is 24.3. The van der Waals surface area contributed by atoms with E-state index in [1.54, 1.807) is 0 Å². The molecule has 0 aliphatic carbocycles. The molecule has 32 heavy (non-hydrogen) atoms. The number of primary amides is 1. The van der Waals surface area contributed by atoms with E-state index in [0.29, 0.717) is 5.56 Å². The Labute approximate surface area is 194 Å². The third-order valence-electron chi connectivity index (χ3n) is 4.69. The largest absolute Gasteiger partial charge is 0.493 e. The fraction of sp³-hybridized carbons (Fsp3) is 0.167. The normalized spacial score (nSPS) is 11.3. The van der Waals surface area contributed by atoms with Gasteiger partial charge in [0.2, 0.25) is 5.75 Å². The van der Waals surface area contributed by atoms with Crippen molar-refractivity contribution in [3.05, 3.63) is 87.9 Å². The molecule has 3 rings (SSSR count). The predicted octanol–water partition coefficient (Wildman–Crippen LogP) is 3.85. The molecule has 166 valence electrons. The van der Waals surface area contributed by atoms with Crippen LogP contribution in [0.2, 0.25) is 0 Å². The summed E-state index contributed by atoms with van der Waals surface area (Å²) in [6.07, 6.45) is 0. The topological polar surface area (TPSA) is 99.9 Å². The first-order chi connectivity index (χ1) is 15.4. The number of nitrogens with two attached hydrogens (primary N) is 1. The fourth-order valence-electron chi connectivity index (χ4n) is 3.17. The number of methoxy groups -OCH3 is 2. The van der Waals surface area contributed by atoms with Gasteiger partial charge in [0.05, 0.1) is 20.3 Å². The molecule has 0 aliphatic heterocycles. The van der Waals surface area contributed by atoms with Crippen LogP contribution in [0.3, 0.4) is 0 Å². The van der Waals surface area contributed by atoms with E-state index in [9.17, 15) is 9.59 Å². The lowest BCUT2D eigenvalue weighted by Gasteiger charge is -2.21. The zero-order chi connectivity index (χ0) is 23.1. The highest BCUT2D eigenvalue weighted by molar-refractivity contribution is 9.10. The van der Waals surface area contributed by atoms with E-state index in [1.165, 1.54) is 26.4 Å². The Morgan fingerprint density at radius 3 is 2.03 bits per heavy atom. The zero-order valence-corrected chi connectivity index (χ0v) is 19.2. The Morgan fingerprint density at radius 2 is 1.50 bits per heavy atom. The summed E-state index contributed by atoms with van der Waals surface area (Å²) < 4.78 is 17.1. The molecule has 3 aromatic carbocycles. The lowest BCUT2D eigenvalue weighted by Crippen LogP contribution is -2.29. The van der Waals surface area contributed by atoms with Gasteiger partial charge in [-0.25, -0.2) is 0 Å². The molecule has 0 radical (unpaired) electrons. The van der Waals surface area contributed by atoms with Gasteiger partial charge in [-0.2, -0.15) is 0 Å². The Hall–Kier alpha value is -3.52. The van der Waals surface area contributed by atoms with Crippen LogP contribution in [0, 0.1) is 0 Å². The van der Waals surface area contributed by atoms with Gasteiger partial charge in [0, 0.05) is 10.0 Å². The molecule has 2 amide bonds. The minimum Gasteiger partial charge on any atom is -0.493 e. The monoisotopic (exact) mass is 498 g/mol. The number of hydrogen-bond acceptors (Lipinski definition) is 5. The SMILES string of the molecule is COc1cc(C(=O)N[C@H](c2ccccc2)c2ccc(Br)cc2)cc(OC)c1OCC(N)=O. The van der Waals surface area contributed by atoms with E-state index in [-0.39, 0.29) is 35.8 Å². The Bertz CT molecular complexity index is 1060. The molecule has 0 spiro atoms. The minimum absolute atomic E-state index is 0.192. The van der Waals surface area contributed by atoms with Crippen LogP contribution >= 0.6 is 15.9 Å². The first-order valence-corrected chi connectivity index (χ1v) is 10.5. The van der Waals surface area contributed by atoms with Crippen molar-refractivity contribution in [1.82, 2.24) is 5.32 Å². The summed E-state index contributed by atoms with van der Waals surface area (Å²) in [6, 6.07) is 20.1. The van der Waals surface area contributed by atoms with Gasteiger partial charge in [-0.3, -0.25) is 9.59 Å². The number of halogens is 1. The summed E-state index contributed by atoms with van der Waals surface area (Å²) in [5, 5.41) is 3.08. The highest BCUT2D eigenvalue weighted by Gasteiger charge is 2.22. The zero-order valence-electron chi connectivity index (χ0n) is 17.6. The van der Waals surface area contributed by atoms with Crippen LogP contribution in [0.25, 0.3) is 0 Å². The van der Waals surface area contributed by atoms with Gasteiger partial charge in [-0.1, -0.05) is 58.4 Å². The second-order valence-electron chi connectivity index (χ2n) is 6.83. The van der Waals surface area contributed by atoms with E-state index in [0.717, 1.165) is 15.6 Å². The van der Waals surface area contributed by atoms with Crippen LogP contribution < -0.4 is 25.3 Å². The second kappa shape index (κ2) is 10.7. The quantitative estimate of drug-likeness (QED) is 0.466. The molecular weight excluding hydrogens is 476 g/mol. The van der Waals surface area contributed by atoms with Crippen molar-refractivity contribution in [3.8, 4) is 17.2 Å². The van der Waals surface area contributed by atoms with Gasteiger partial charge in [-0.15, -0.1) is 0 Å². The third kappa shape index (κ3) is 5.59. The van der Waals surface area contributed by atoms with Gasteiger partial charge in [-0.05, 0) is 35.4 Å². The summed E-state index contributed by atoms with van der Waals surface area (Å²) >= 11 is 3.44. The van der Waals surface area contributed by atoms with Crippen LogP contribution in [0.15, 0.2) is 71.2 Å². The maximum absolute atomic E-state index is 13.2. The molecule has 0 unspecified atom stereocenters. The van der Waals surface area contributed by atoms with E-state index < -0.39 is 5.91 Å². The van der Waals surface area contributed by atoms with E-state index in [4.69, 9.17) is 19.9 Å². The van der Waals surface area contributed by atoms with Crippen molar-refractivity contribution in [2.75, 3.05) is 20.8 Å². The van der Waals surface area contributed by atoms with E-state index in [1.807, 2.05) is 54.6 Å². The van der Waals surface area contributed by atoms with Crippen molar-refractivity contribution in [1.29, 1.82) is 0 Å². The lowest BCUT2D eigenvalue weighted by molar-refractivity contribution is -0.120. The van der Waals surface area contributed by atoms with Crippen LogP contribution in [0.5, 0.6) is 17.2 Å². The van der Waals surface area contributed by atoms with Crippen molar-refractivity contribution >= 4 is 27.7 Å². The number of ether oxygens (including phenoxy) is 3. The maximum atomic E-state index is 13.2. The molecule has 8 heteroatoms. The third-order valence-corrected chi connectivity index (χ3v) is 5.22. The van der Waals surface area contributed by atoms with Gasteiger partial charge < -0.3 is 25.3 Å². The molecule has 0 saturated heterocycles. The van der Waals surface area contributed by atoms with Gasteiger partial charge >= 0.3 is 0 Å². The molecule has 0 fully saturated rings. The molecule has 0 aliphatic rings. The molecule has 7 nitrogen and oxygen atoms in total. The summed E-state index contributed by atoms with van der Waals surface area (Å²) in [7, 11) is 2.87. The maximum Gasteiger partial charge on any atom is 0.255 e. The van der Waals surface area contributed by atoms with Crippen molar-refractivity contribution in [2.45, 2.75) is 6.04 Å². The number of nitrogens with one attached hydrogen (secondary N) is 1. The average molecular weight is 499 g/mol. The molecule has 3 N–H and O–H groups in total. The minimum atomic E-state index is -0.642. The van der Waals surface area contributed by atoms with Crippen LogP contribution in [-0.2, 0) is 4.79 Å². The highest BCUT2D eigenvalue weighted by atomic mass is 79.9. The smallest absolute Gasteiger partial charge is 0.255 e. The summed E-state index contributed by atoms with van der Waals surface area (Å²) in [6.45, 7) is -0.349. The number of hydrogen-bond donors (Lipinski definition) is 2. The van der Waals surface area contributed by atoms with Gasteiger partial charge in [0.15, 0.2) is 18.1 Å². The Morgan fingerprint density at radius 1 is 0.938 bits per heavy atom. The van der Waals surface area contributed by atoms with Gasteiger partial charge in [0.25, 0.3) is 11.8 Å². The molecule has 3 aromatic rings. The van der Waals surface area contributed by atoms with Crippen LogP contribution in [-0.4, -0.2) is 32.6 Å². The Kier molecular flexibility index (Phi) is 7.72. The fourth-order valence-corrected chi connectivity index (χ4v) is 3.44. The molecule has 0 saturated carbocycles. The molecule has 0 aromatic heterocycles.